The maximum Gasteiger partial charge on any atom is 0.374 e. The lowest BCUT2D eigenvalue weighted by Crippen LogP contribution is -2.00. The molecule has 0 bridgehead atoms. The van der Waals surface area contributed by atoms with Crippen LogP contribution in [-0.4, -0.2) is 21.3 Å². The lowest BCUT2D eigenvalue weighted by Gasteiger charge is -1.96. The third-order valence-corrected chi connectivity index (χ3v) is 1.54. The van der Waals surface area contributed by atoms with Crippen molar-refractivity contribution in [1.29, 1.82) is 0 Å². The van der Waals surface area contributed by atoms with Crippen molar-refractivity contribution in [2.75, 3.05) is 5.75 Å². The number of nitrogens with one attached hydrogen (secondary N) is 1. The first-order chi connectivity index (χ1) is 5.33. The second kappa shape index (κ2) is 4.02. The minimum Gasteiger partial charge on any atom is -0.400 e. The minimum atomic E-state index is -0.309. The van der Waals surface area contributed by atoms with E-state index in [1.807, 2.05) is 6.92 Å². The Balaban J connectivity index is 2.37. The van der Waals surface area contributed by atoms with Crippen LogP contribution in [0.25, 0.3) is 0 Å². The molecule has 1 aromatic heterocycles. The largest absolute Gasteiger partial charge is 0.400 e. The summed E-state index contributed by atoms with van der Waals surface area (Å²) < 4.78 is 4.80. The number of carbonyl (C=O) groups excluding carboxylic acids is 1. The summed E-state index contributed by atoms with van der Waals surface area (Å²) >= 11 is 1.12. The van der Waals surface area contributed by atoms with Gasteiger partial charge in [-0.3, -0.25) is 0 Å². The zero-order chi connectivity index (χ0) is 8.10. The first kappa shape index (κ1) is 8.13. The van der Waals surface area contributed by atoms with Crippen molar-refractivity contribution in [2.45, 2.75) is 6.92 Å². The van der Waals surface area contributed by atoms with Gasteiger partial charge in [0.25, 0.3) is 0 Å². The molecule has 1 heterocycles. The maximum absolute atomic E-state index is 10.8. The van der Waals surface area contributed by atoms with Crippen molar-refractivity contribution >= 4 is 17.1 Å². The summed E-state index contributed by atoms with van der Waals surface area (Å²) in [5.74, 6) is 1.10. The van der Waals surface area contributed by atoms with E-state index in [0.29, 0.717) is 11.6 Å². The van der Waals surface area contributed by atoms with Gasteiger partial charge in [-0.05, 0) is 11.8 Å². The summed E-state index contributed by atoms with van der Waals surface area (Å²) in [5, 5.41) is 5.84. The van der Waals surface area contributed by atoms with E-state index in [2.05, 4.69) is 10.2 Å². The van der Waals surface area contributed by atoms with Gasteiger partial charge in [0.05, 0.1) is 6.20 Å². The number of hydrogen-bond donors (Lipinski definition) is 1. The molecule has 1 aromatic rings. The molecule has 0 atom stereocenters. The summed E-state index contributed by atoms with van der Waals surface area (Å²) in [7, 11) is 0. The van der Waals surface area contributed by atoms with E-state index in [1.54, 1.807) is 6.07 Å². The summed E-state index contributed by atoms with van der Waals surface area (Å²) in [5.41, 5.74) is 0. The van der Waals surface area contributed by atoms with E-state index >= 15 is 0 Å². The lowest BCUT2D eigenvalue weighted by atomic mass is 10.7. The number of H-pyrrole nitrogens is 1. The van der Waals surface area contributed by atoms with Crippen LogP contribution in [-0.2, 0) is 0 Å². The van der Waals surface area contributed by atoms with Gasteiger partial charge in [0.15, 0.2) is 0 Å². The van der Waals surface area contributed by atoms with Crippen LogP contribution in [0.3, 0.4) is 0 Å². The van der Waals surface area contributed by atoms with E-state index in [9.17, 15) is 4.79 Å². The molecule has 0 aromatic carbocycles. The number of ether oxygens (including phenoxy) is 1. The van der Waals surface area contributed by atoms with Crippen LogP contribution in [0.1, 0.15) is 6.92 Å². The molecule has 0 radical (unpaired) electrons. The second-order valence-corrected chi connectivity index (χ2v) is 2.91. The Labute approximate surface area is 68.3 Å². The van der Waals surface area contributed by atoms with Gasteiger partial charge in [-0.25, -0.2) is 9.89 Å². The van der Waals surface area contributed by atoms with Crippen molar-refractivity contribution in [2.24, 2.45) is 0 Å². The molecule has 1 N–H and O–H groups in total. The zero-order valence-electron chi connectivity index (χ0n) is 6.03. The van der Waals surface area contributed by atoms with E-state index in [0.717, 1.165) is 11.8 Å². The molecule has 5 heteroatoms. The van der Waals surface area contributed by atoms with E-state index < -0.39 is 0 Å². The Morgan fingerprint density at radius 2 is 2.73 bits per heavy atom. The van der Waals surface area contributed by atoms with Crippen LogP contribution >= 0.6 is 11.8 Å². The van der Waals surface area contributed by atoms with E-state index in [-0.39, 0.29) is 5.30 Å². The second-order valence-electron chi connectivity index (χ2n) is 1.71. The zero-order valence-corrected chi connectivity index (χ0v) is 6.85. The molecular formula is C6H8N2O2S. The molecule has 0 amide bonds. The summed E-state index contributed by atoms with van der Waals surface area (Å²) in [6.07, 6.45) is 1.53. The molecule has 11 heavy (non-hydrogen) atoms. The Hall–Kier alpha value is -0.970. The summed E-state index contributed by atoms with van der Waals surface area (Å²) in [4.78, 5) is 10.8. The van der Waals surface area contributed by atoms with E-state index in [4.69, 9.17) is 4.74 Å². The highest BCUT2D eigenvalue weighted by molar-refractivity contribution is 8.13. The number of carbonyl (C=O) groups is 1. The molecular weight excluding hydrogens is 164 g/mol. The number of aromatic amines is 1. The molecule has 0 saturated carbocycles. The first-order valence-corrected chi connectivity index (χ1v) is 4.15. The standard InChI is InChI=1S/C6H8N2O2S/c1-2-11-6(9)10-5-3-4-7-8-5/h3-4H,2H2,1H3,(H,7,8). The number of thioether (sulfide) groups is 1. The van der Waals surface area contributed by atoms with Crippen LogP contribution in [0.15, 0.2) is 12.3 Å². The fourth-order valence-corrected chi connectivity index (χ4v) is 0.921. The SMILES string of the molecule is CCSC(=O)Oc1ccn[nH]1. The van der Waals surface area contributed by atoms with Crippen molar-refractivity contribution in [3.05, 3.63) is 12.3 Å². The highest BCUT2D eigenvalue weighted by Crippen LogP contribution is 2.09. The third-order valence-electron chi connectivity index (χ3n) is 0.931. The normalized spacial score (nSPS) is 9.55. The molecule has 0 aliphatic carbocycles. The third kappa shape index (κ3) is 2.63. The maximum atomic E-state index is 10.8. The minimum absolute atomic E-state index is 0.309. The Bertz CT molecular complexity index is 222. The highest BCUT2D eigenvalue weighted by atomic mass is 32.2. The van der Waals surface area contributed by atoms with Crippen molar-refractivity contribution < 1.29 is 9.53 Å². The quantitative estimate of drug-likeness (QED) is 0.689. The fourth-order valence-electron chi connectivity index (χ4n) is 0.537. The van der Waals surface area contributed by atoms with Gasteiger partial charge >= 0.3 is 5.30 Å². The monoisotopic (exact) mass is 172 g/mol. The summed E-state index contributed by atoms with van der Waals surface area (Å²) in [6, 6.07) is 1.59. The van der Waals surface area contributed by atoms with Crippen LogP contribution < -0.4 is 4.74 Å². The number of rotatable bonds is 2. The van der Waals surface area contributed by atoms with Gasteiger partial charge in [-0.15, -0.1) is 0 Å². The van der Waals surface area contributed by atoms with Crippen LogP contribution in [0.5, 0.6) is 5.88 Å². The van der Waals surface area contributed by atoms with Gasteiger partial charge in [-0.2, -0.15) is 5.10 Å². The Kier molecular flexibility index (Phi) is 2.97. The topological polar surface area (TPSA) is 55.0 Å². The van der Waals surface area contributed by atoms with Crippen LogP contribution in [0, 0.1) is 0 Å². The lowest BCUT2D eigenvalue weighted by molar-refractivity contribution is 0.225. The predicted molar refractivity (Wildman–Crippen MR) is 42.7 cm³/mol. The van der Waals surface area contributed by atoms with Gasteiger partial charge in [0.2, 0.25) is 5.88 Å². The number of nitrogens with zero attached hydrogens (tertiary/aromatic N) is 1. The Morgan fingerprint density at radius 1 is 1.91 bits per heavy atom. The number of hydrogen-bond acceptors (Lipinski definition) is 4. The van der Waals surface area contributed by atoms with Gasteiger partial charge in [0, 0.05) is 11.8 Å². The molecule has 1 rings (SSSR count). The molecule has 60 valence electrons. The van der Waals surface area contributed by atoms with Gasteiger partial charge in [0.1, 0.15) is 0 Å². The molecule has 0 aliphatic heterocycles. The molecule has 0 spiro atoms. The summed E-state index contributed by atoms with van der Waals surface area (Å²) in [6.45, 7) is 1.89. The van der Waals surface area contributed by atoms with E-state index in [1.165, 1.54) is 6.20 Å². The fraction of sp³-hybridized carbons (Fsp3) is 0.333. The highest BCUT2D eigenvalue weighted by Gasteiger charge is 2.03. The smallest absolute Gasteiger partial charge is 0.374 e. The predicted octanol–water partition coefficient (Wildman–Crippen LogP) is 1.66. The molecule has 0 saturated heterocycles. The molecule has 0 fully saturated rings. The average Bonchev–Trinajstić information content (AvgIpc) is 2.40. The average molecular weight is 172 g/mol. The van der Waals surface area contributed by atoms with Gasteiger partial charge in [-0.1, -0.05) is 6.92 Å². The number of aromatic nitrogens is 2. The van der Waals surface area contributed by atoms with Gasteiger partial charge < -0.3 is 4.74 Å². The van der Waals surface area contributed by atoms with Crippen molar-refractivity contribution in [3.8, 4) is 5.88 Å². The molecule has 0 unspecified atom stereocenters. The molecule has 0 aliphatic rings. The first-order valence-electron chi connectivity index (χ1n) is 3.17. The molecule has 4 nitrogen and oxygen atoms in total. The van der Waals surface area contributed by atoms with Crippen molar-refractivity contribution in [3.63, 3.8) is 0 Å². The van der Waals surface area contributed by atoms with Crippen LogP contribution in [0.4, 0.5) is 4.79 Å². The Morgan fingerprint density at radius 3 is 3.27 bits per heavy atom. The van der Waals surface area contributed by atoms with Crippen LogP contribution in [0.2, 0.25) is 0 Å². The van der Waals surface area contributed by atoms with Crippen molar-refractivity contribution in [1.82, 2.24) is 10.2 Å².